The number of ether oxygens (including phenoxy) is 1. The monoisotopic (exact) mass is 344 g/mol. The molecule has 3 heterocycles. The second-order valence-corrected chi connectivity index (χ2v) is 6.29. The highest BCUT2D eigenvalue weighted by molar-refractivity contribution is 6.29. The number of rotatable bonds is 5. The summed E-state index contributed by atoms with van der Waals surface area (Å²) in [5.41, 5.74) is 9.02. The van der Waals surface area contributed by atoms with Gasteiger partial charge in [-0.1, -0.05) is 11.6 Å². The number of hydrogen-bond acceptors (Lipinski definition) is 5. The van der Waals surface area contributed by atoms with Gasteiger partial charge in [0.05, 0.1) is 11.0 Å². The van der Waals surface area contributed by atoms with Crippen molar-refractivity contribution in [2.24, 2.45) is 16.6 Å². The normalized spacial score (nSPS) is 17.0. The van der Waals surface area contributed by atoms with E-state index in [4.69, 9.17) is 22.1 Å². The van der Waals surface area contributed by atoms with Crippen LogP contribution in [0.15, 0.2) is 35.6 Å². The Hall–Kier alpha value is -1.98. The molecular formula is C18H21ClN4O. The third-order valence-corrected chi connectivity index (χ3v) is 4.46. The van der Waals surface area contributed by atoms with Gasteiger partial charge < -0.3 is 10.5 Å². The van der Waals surface area contributed by atoms with Crippen LogP contribution >= 0.6 is 11.6 Å². The molecule has 0 saturated carbocycles. The second-order valence-electron chi connectivity index (χ2n) is 5.90. The van der Waals surface area contributed by atoms with Gasteiger partial charge in [0.25, 0.3) is 0 Å². The van der Waals surface area contributed by atoms with E-state index in [1.807, 2.05) is 18.3 Å². The smallest absolute Gasteiger partial charge is 0.129 e. The molecule has 0 bridgehead atoms. The zero-order chi connectivity index (χ0) is 16.8. The lowest BCUT2D eigenvalue weighted by Gasteiger charge is -2.20. The Labute approximate surface area is 146 Å². The van der Waals surface area contributed by atoms with E-state index in [-0.39, 0.29) is 0 Å². The molecule has 1 fully saturated rings. The van der Waals surface area contributed by atoms with Gasteiger partial charge in [0, 0.05) is 49.5 Å². The largest absolute Gasteiger partial charge is 0.404 e. The fraction of sp³-hybridized carbons (Fsp3) is 0.389. The first-order valence-electron chi connectivity index (χ1n) is 8.18. The molecule has 0 radical (unpaired) electrons. The van der Waals surface area contributed by atoms with Crippen molar-refractivity contribution in [3.63, 3.8) is 0 Å². The van der Waals surface area contributed by atoms with Crippen LogP contribution in [0.3, 0.4) is 0 Å². The van der Waals surface area contributed by atoms with Crippen LogP contribution in [0.5, 0.6) is 0 Å². The van der Waals surface area contributed by atoms with E-state index in [0.29, 0.717) is 5.15 Å². The van der Waals surface area contributed by atoms with Gasteiger partial charge in [0.1, 0.15) is 5.15 Å². The van der Waals surface area contributed by atoms with Crippen molar-refractivity contribution in [3.8, 4) is 0 Å². The van der Waals surface area contributed by atoms with Gasteiger partial charge in [-0.05, 0) is 43.4 Å². The number of nitrogens with zero attached hydrogens (tertiary/aromatic N) is 3. The van der Waals surface area contributed by atoms with Gasteiger partial charge in [0.2, 0.25) is 0 Å². The minimum Gasteiger partial charge on any atom is -0.404 e. The summed E-state index contributed by atoms with van der Waals surface area (Å²) in [6.07, 6.45) is 8.50. The van der Waals surface area contributed by atoms with Crippen molar-refractivity contribution in [1.29, 1.82) is 0 Å². The van der Waals surface area contributed by atoms with Crippen LogP contribution in [0.25, 0.3) is 16.6 Å². The standard InChI is InChI=1S/C18H21ClN4O/c19-18-2-1-16-17(23-18)9-14(12-22-16)15(10-20)11-21-6-3-13-4-7-24-8-5-13/h1-2,9-13H,3-8,20H2. The summed E-state index contributed by atoms with van der Waals surface area (Å²) in [6, 6.07) is 5.51. The molecule has 2 aromatic heterocycles. The molecular weight excluding hydrogens is 324 g/mol. The number of aliphatic imine (C=N–C) groups is 1. The van der Waals surface area contributed by atoms with Crippen LogP contribution in [0.1, 0.15) is 24.8 Å². The third-order valence-electron chi connectivity index (χ3n) is 4.25. The molecule has 5 nitrogen and oxygen atoms in total. The molecule has 2 aromatic rings. The molecule has 24 heavy (non-hydrogen) atoms. The molecule has 0 aromatic carbocycles. The Morgan fingerprint density at radius 1 is 1.33 bits per heavy atom. The molecule has 126 valence electrons. The third kappa shape index (κ3) is 4.30. The Morgan fingerprint density at radius 3 is 2.96 bits per heavy atom. The first-order valence-corrected chi connectivity index (χ1v) is 8.56. The molecule has 3 rings (SSSR count). The van der Waals surface area contributed by atoms with Crippen molar-refractivity contribution < 1.29 is 4.74 Å². The predicted molar refractivity (Wildman–Crippen MR) is 98.2 cm³/mol. The fourth-order valence-corrected chi connectivity index (χ4v) is 2.96. The quantitative estimate of drug-likeness (QED) is 0.665. The van der Waals surface area contributed by atoms with Gasteiger partial charge in [-0.2, -0.15) is 0 Å². The predicted octanol–water partition coefficient (Wildman–Crippen LogP) is 3.47. The first-order chi connectivity index (χ1) is 11.8. The zero-order valence-corrected chi connectivity index (χ0v) is 14.2. The van der Waals surface area contributed by atoms with E-state index in [0.717, 1.165) is 67.1 Å². The van der Waals surface area contributed by atoms with Crippen molar-refractivity contribution >= 4 is 34.4 Å². The summed E-state index contributed by atoms with van der Waals surface area (Å²) in [5.74, 6) is 0.717. The van der Waals surface area contributed by atoms with E-state index >= 15 is 0 Å². The zero-order valence-electron chi connectivity index (χ0n) is 13.5. The van der Waals surface area contributed by atoms with Crippen LogP contribution in [0.4, 0.5) is 0 Å². The molecule has 6 heteroatoms. The number of aromatic nitrogens is 2. The van der Waals surface area contributed by atoms with E-state index in [1.54, 1.807) is 18.5 Å². The maximum atomic E-state index is 5.95. The maximum absolute atomic E-state index is 5.95. The number of pyridine rings is 2. The molecule has 1 aliphatic heterocycles. The SMILES string of the molecule is NC=C(C=NCCC1CCOCC1)c1cnc2ccc(Cl)nc2c1. The summed E-state index contributed by atoms with van der Waals surface area (Å²) < 4.78 is 5.38. The topological polar surface area (TPSA) is 73.4 Å². The van der Waals surface area contributed by atoms with Crippen LogP contribution < -0.4 is 5.73 Å². The van der Waals surface area contributed by atoms with Gasteiger partial charge in [-0.15, -0.1) is 0 Å². The number of halogens is 1. The molecule has 1 saturated heterocycles. The van der Waals surface area contributed by atoms with Crippen molar-refractivity contribution in [2.45, 2.75) is 19.3 Å². The maximum Gasteiger partial charge on any atom is 0.129 e. The van der Waals surface area contributed by atoms with Crippen molar-refractivity contribution in [2.75, 3.05) is 19.8 Å². The Balaban J connectivity index is 1.66. The summed E-state index contributed by atoms with van der Waals surface area (Å²) >= 11 is 5.95. The molecule has 1 aliphatic rings. The number of fused-ring (bicyclic) bond motifs is 1. The Bertz CT molecular complexity index is 754. The van der Waals surface area contributed by atoms with E-state index < -0.39 is 0 Å². The van der Waals surface area contributed by atoms with Gasteiger partial charge in [-0.25, -0.2) is 4.98 Å². The molecule has 0 aliphatic carbocycles. The molecule has 0 spiro atoms. The highest BCUT2D eigenvalue weighted by Gasteiger charge is 2.12. The summed E-state index contributed by atoms with van der Waals surface area (Å²) in [4.78, 5) is 13.2. The minimum atomic E-state index is 0.449. The van der Waals surface area contributed by atoms with Crippen molar-refractivity contribution in [3.05, 3.63) is 41.3 Å². The summed E-state index contributed by atoms with van der Waals surface area (Å²) in [7, 11) is 0. The summed E-state index contributed by atoms with van der Waals surface area (Å²) in [6.45, 7) is 2.55. The molecule has 0 unspecified atom stereocenters. The first kappa shape index (κ1) is 16.9. The minimum absolute atomic E-state index is 0.449. The van der Waals surface area contributed by atoms with Crippen LogP contribution in [-0.4, -0.2) is 35.9 Å². The lowest BCUT2D eigenvalue weighted by atomic mass is 9.97. The molecule has 0 amide bonds. The van der Waals surface area contributed by atoms with Crippen LogP contribution in [0, 0.1) is 5.92 Å². The van der Waals surface area contributed by atoms with Crippen molar-refractivity contribution in [1.82, 2.24) is 9.97 Å². The van der Waals surface area contributed by atoms with Gasteiger partial charge in [0.15, 0.2) is 0 Å². The Morgan fingerprint density at radius 2 is 2.17 bits per heavy atom. The van der Waals surface area contributed by atoms with Crippen LogP contribution in [0.2, 0.25) is 5.15 Å². The van der Waals surface area contributed by atoms with Gasteiger partial charge in [-0.3, -0.25) is 9.98 Å². The number of allylic oxidation sites excluding steroid dienone is 1. The van der Waals surface area contributed by atoms with Gasteiger partial charge >= 0.3 is 0 Å². The molecule has 2 N–H and O–H groups in total. The fourth-order valence-electron chi connectivity index (χ4n) is 2.81. The van der Waals surface area contributed by atoms with Crippen LogP contribution in [-0.2, 0) is 4.74 Å². The highest BCUT2D eigenvalue weighted by atomic mass is 35.5. The Kier molecular flexibility index (Phi) is 5.77. The molecule has 0 atom stereocenters. The average Bonchev–Trinajstić information content (AvgIpc) is 2.62. The second kappa shape index (κ2) is 8.22. The lowest BCUT2D eigenvalue weighted by molar-refractivity contribution is 0.0647. The highest BCUT2D eigenvalue weighted by Crippen LogP contribution is 2.20. The summed E-state index contributed by atoms with van der Waals surface area (Å²) in [5, 5.41) is 0.449. The average molecular weight is 345 g/mol. The van der Waals surface area contributed by atoms with E-state index in [1.165, 1.54) is 0 Å². The van der Waals surface area contributed by atoms with E-state index in [2.05, 4.69) is 15.0 Å². The van der Waals surface area contributed by atoms with E-state index in [9.17, 15) is 0 Å². The lowest BCUT2D eigenvalue weighted by Crippen LogP contribution is -2.16. The number of hydrogen-bond donors (Lipinski definition) is 1. The number of nitrogens with two attached hydrogens (primary N) is 1.